The monoisotopic (exact) mass is 200 g/mol. The van der Waals surface area contributed by atoms with E-state index in [2.05, 4.69) is 24.3 Å². The molecule has 0 aromatic heterocycles. The van der Waals surface area contributed by atoms with Crippen molar-refractivity contribution in [2.24, 2.45) is 11.8 Å². The summed E-state index contributed by atoms with van der Waals surface area (Å²) in [6.45, 7) is 0. The van der Waals surface area contributed by atoms with Crippen LogP contribution in [0.1, 0.15) is 36.3 Å². The fourth-order valence-electron chi connectivity index (χ4n) is 3.76. The van der Waals surface area contributed by atoms with Gasteiger partial charge in [0, 0.05) is 0 Å². The fourth-order valence-corrected chi connectivity index (χ4v) is 3.76. The van der Waals surface area contributed by atoms with Crippen LogP contribution in [-0.4, -0.2) is 10.7 Å². The van der Waals surface area contributed by atoms with Crippen LogP contribution in [0.15, 0.2) is 24.3 Å². The maximum absolute atomic E-state index is 10.2. The molecular weight excluding hydrogens is 184 g/mol. The zero-order valence-electron chi connectivity index (χ0n) is 8.82. The van der Waals surface area contributed by atoms with Crippen LogP contribution >= 0.6 is 0 Å². The molecule has 1 aromatic rings. The van der Waals surface area contributed by atoms with Gasteiger partial charge in [-0.1, -0.05) is 24.3 Å². The van der Waals surface area contributed by atoms with Crippen molar-refractivity contribution in [3.05, 3.63) is 35.4 Å². The minimum Gasteiger partial charge on any atom is -0.390 e. The number of aliphatic hydroxyl groups is 1. The molecule has 0 aliphatic heterocycles. The number of aryl methyl sites for hydroxylation is 1. The molecule has 15 heavy (non-hydrogen) atoms. The Kier molecular flexibility index (Phi) is 1.37. The van der Waals surface area contributed by atoms with Crippen LogP contribution in [0.25, 0.3) is 0 Å². The molecule has 78 valence electrons. The molecule has 3 atom stereocenters. The first-order chi connectivity index (χ1) is 7.30. The standard InChI is InChI=1S/C14H16O/c15-14(7-8-14)13-11-6-5-9-3-1-2-4-10(9)12(11)13/h1-4,11-13,15H,5-8H2. The Bertz CT molecular complexity index is 419. The topological polar surface area (TPSA) is 20.2 Å². The molecule has 3 aliphatic rings. The van der Waals surface area contributed by atoms with Crippen molar-refractivity contribution < 1.29 is 5.11 Å². The summed E-state index contributed by atoms with van der Waals surface area (Å²) in [4.78, 5) is 0. The van der Waals surface area contributed by atoms with Gasteiger partial charge < -0.3 is 5.11 Å². The van der Waals surface area contributed by atoms with E-state index >= 15 is 0 Å². The Balaban J connectivity index is 1.74. The van der Waals surface area contributed by atoms with Crippen molar-refractivity contribution in [2.45, 2.75) is 37.2 Å². The molecule has 0 bridgehead atoms. The number of benzene rings is 1. The SMILES string of the molecule is OC1(C2C3CCc4ccccc4C32)CC1. The summed E-state index contributed by atoms with van der Waals surface area (Å²) in [5, 5.41) is 10.2. The predicted octanol–water partition coefficient (Wildman–Crippen LogP) is 2.49. The van der Waals surface area contributed by atoms with Gasteiger partial charge in [0.25, 0.3) is 0 Å². The number of hydrogen-bond acceptors (Lipinski definition) is 1. The molecule has 0 radical (unpaired) electrons. The van der Waals surface area contributed by atoms with Crippen molar-refractivity contribution in [3.63, 3.8) is 0 Å². The van der Waals surface area contributed by atoms with E-state index in [4.69, 9.17) is 0 Å². The van der Waals surface area contributed by atoms with Gasteiger partial charge >= 0.3 is 0 Å². The van der Waals surface area contributed by atoms with Crippen LogP contribution in [-0.2, 0) is 6.42 Å². The van der Waals surface area contributed by atoms with Gasteiger partial charge in [-0.25, -0.2) is 0 Å². The smallest absolute Gasteiger partial charge is 0.0686 e. The van der Waals surface area contributed by atoms with Gasteiger partial charge in [0.1, 0.15) is 0 Å². The summed E-state index contributed by atoms with van der Waals surface area (Å²) >= 11 is 0. The molecule has 3 unspecified atom stereocenters. The van der Waals surface area contributed by atoms with Crippen LogP contribution in [0.4, 0.5) is 0 Å². The van der Waals surface area contributed by atoms with Crippen LogP contribution in [0, 0.1) is 11.8 Å². The third-order valence-electron chi connectivity index (χ3n) is 4.71. The van der Waals surface area contributed by atoms with E-state index in [1.165, 1.54) is 18.4 Å². The zero-order valence-corrected chi connectivity index (χ0v) is 8.82. The van der Waals surface area contributed by atoms with Crippen LogP contribution in [0.2, 0.25) is 0 Å². The average Bonchev–Trinajstić information content (AvgIpc) is 3.13. The van der Waals surface area contributed by atoms with Crippen molar-refractivity contribution >= 4 is 0 Å². The largest absolute Gasteiger partial charge is 0.390 e. The molecule has 0 amide bonds. The second-order valence-corrected chi connectivity index (χ2v) is 5.56. The summed E-state index contributed by atoms with van der Waals surface area (Å²) in [7, 11) is 0. The van der Waals surface area contributed by atoms with Crippen molar-refractivity contribution in [3.8, 4) is 0 Å². The minimum atomic E-state index is -0.257. The molecule has 1 aromatic carbocycles. The predicted molar refractivity (Wildman–Crippen MR) is 58.7 cm³/mol. The van der Waals surface area contributed by atoms with Crippen molar-refractivity contribution in [1.29, 1.82) is 0 Å². The summed E-state index contributed by atoms with van der Waals surface area (Å²) in [6.07, 6.45) is 4.62. The Morgan fingerprint density at radius 2 is 2.00 bits per heavy atom. The Morgan fingerprint density at radius 1 is 1.20 bits per heavy atom. The Labute approximate surface area is 90.1 Å². The maximum atomic E-state index is 10.2. The second-order valence-electron chi connectivity index (χ2n) is 5.56. The van der Waals surface area contributed by atoms with Gasteiger partial charge in [0.05, 0.1) is 5.60 Å². The summed E-state index contributed by atoms with van der Waals surface area (Å²) < 4.78 is 0. The van der Waals surface area contributed by atoms with Crippen molar-refractivity contribution in [1.82, 2.24) is 0 Å². The molecule has 1 N–H and O–H groups in total. The zero-order chi connectivity index (χ0) is 10.0. The molecule has 3 aliphatic carbocycles. The lowest BCUT2D eigenvalue weighted by atomic mass is 9.92. The molecule has 4 rings (SSSR count). The molecule has 2 fully saturated rings. The van der Waals surface area contributed by atoms with Crippen LogP contribution in [0.3, 0.4) is 0 Å². The average molecular weight is 200 g/mol. The number of fused-ring (bicyclic) bond motifs is 3. The highest BCUT2D eigenvalue weighted by Gasteiger charge is 2.66. The lowest BCUT2D eigenvalue weighted by Gasteiger charge is -2.13. The molecule has 2 saturated carbocycles. The van der Waals surface area contributed by atoms with Crippen LogP contribution in [0.5, 0.6) is 0 Å². The summed E-state index contributed by atoms with van der Waals surface area (Å²) in [6, 6.07) is 8.83. The molecule has 0 spiro atoms. The molecule has 1 heteroatoms. The molecule has 0 saturated heterocycles. The Hall–Kier alpha value is -0.820. The molecule has 1 nitrogen and oxygen atoms in total. The van der Waals surface area contributed by atoms with Crippen molar-refractivity contribution in [2.75, 3.05) is 0 Å². The number of hydrogen-bond donors (Lipinski definition) is 1. The highest BCUT2D eigenvalue weighted by molar-refractivity contribution is 5.41. The quantitative estimate of drug-likeness (QED) is 0.738. The van der Waals surface area contributed by atoms with Gasteiger partial charge in [-0.2, -0.15) is 0 Å². The first kappa shape index (κ1) is 8.35. The number of rotatable bonds is 1. The third kappa shape index (κ3) is 1.02. The normalized spacial score (nSPS) is 39.1. The lowest BCUT2D eigenvalue weighted by molar-refractivity contribution is 0.117. The highest BCUT2D eigenvalue weighted by Crippen LogP contribution is 2.69. The first-order valence-corrected chi connectivity index (χ1v) is 6.10. The summed E-state index contributed by atoms with van der Waals surface area (Å²) in [5.41, 5.74) is 2.82. The van der Waals surface area contributed by atoms with E-state index < -0.39 is 0 Å². The fraction of sp³-hybridized carbons (Fsp3) is 0.571. The maximum Gasteiger partial charge on any atom is 0.0686 e. The van der Waals surface area contributed by atoms with E-state index in [1.54, 1.807) is 5.56 Å². The van der Waals surface area contributed by atoms with Gasteiger partial charge in [-0.05, 0) is 54.6 Å². The van der Waals surface area contributed by atoms with E-state index in [-0.39, 0.29) is 5.60 Å². The first-order valence-electron chi connectivity index (χ1n) is 6.10. The van der Waals surface area contributed by atoms with E-state index in [1.807, 2.05) is 0 Å². The van der Waals surface area contributed by atoms with E-state index in [0.717, 1.165) is 18.8 Å². The van der Waals surface area contributed by atoms with Gasteiger partial charge in [-0.15, -0.1) is 0 Å². The second kappa shape index (κ2) is 2.46. The van der Waals surface area contributed by atoms with E-state index in [0.29, 0.717) is 11.8 Å². The highest BCUT2D eigenvalue weighted by atomic mass is 16.3. The lowest BCUT2D eigenvalue weighted by Crippen LogP contribution is -2.11. The molecule has 0 heterocycles. The Morgan fingerprint density at radius 3 is 2.80 bits per heavy atom. The van der Waals surface area contributed by atoms with Gasteiger partial charge in [0.15, 0.2) is 0 Å². The van der Waals surface area contributed by atoms with Gasteiger partial charge in [0.2, 0.25) is 0 Å². The third-order valence-corrected chi connectivity index (χ3v) is 4.71. The molecular formula is C14H16O. The summed E-state index contributed by atoms with van der Waals surface area (Å²) in [5.74, 6) is 2.09. The van der Waals surface area contributed by atoms with Gasteiger partial charge in [-0.3, -0.25) is 0 Å². The van der Waals surface area contributed by atoms with E-state index in [9.17, 15) is 5.11 Å². The minimum absolute atomic E-state index is 0.257. The van der Waals surface area contributed by atoms with Crippen LogP contribution < -0.4 is 0 Å².